The van der Waals surface area contributed by atoms with Crippen LogP contribution >= 0.6 is 22.7 Å². The lowest BCUT2D eigenvalue weighted by Gasteiger charge is -2.27. The Morgan fingerprint density at radius 3 is 2.54 bits per heavy atom. The predicted molar refractivity (Wildman–Crippen MR) is 218 cm³/mol. The van der Waals surface area contributed by atoms with Gasteiger partial charge in [-0.1, -0.05) is 56.4 Å². The number of hydrogen-bond acceptors (Lipinski definition) is 10. The lowest BCUT2D eigenvalue weighted by atomic mass is 9.91. The lowest BCUT2D eigenvalue weighted by molar-refractivity contribution is -0.132. The number of aryl methyl sites for hydroxylation is 2. The van der Waals surface area contributed by atoms with Crippen LogP contribution in [0.1, 0.15) is 79.4 Å². The molecule has 0 spiro atoms. The highest BCUT2D eigenvalue weighted by atomic mass is 32.1. The topological polar surface area (TPSA) is 128 Å². The number of rotatable bonds is 11. The number of unbranched alkanes of at least 4 members (excludes halogenated alkanes) is 3. The molecule has 2 unspecified atom stereocenters. The fourth-order valence-electron chi connectivity index (χ4n) is 8.34. The number of benzene rings is 3. The molecule has 0 bridgehead atoms. The Labute approximate surface area is 324 Å². The third kappa shape index (κ3) is 5.91. The molecular weight excluding hydrogens is 733 g/mol. The number of carbonyl (C=O) groups is 1. The minimum absolute atomic E-state index is 0.287. The molecule has 270 valence electrons. The fourth-order valence-corrected chi connectivity index (χ4v) is 11.3. The second-order valence-electron chi connectivity index (χ2n) is 14.2. The molecule has 3 aromatic heterocycles. The van der Waals surface area contributed by atoms with E-state index in [4.69, 9.17) is 13.4 Å². The van der Waals surface area contributed by atoms with Crippen molar-refractivity contribution < 1.29 is 14.5 Å². The Hall–Kier alpha value is -5.22. The monoisotopic (exact) mass is 768 g/mol. The van der Waals surface area contributed by atoms with Crippen LogP contribution in [0, 0.1) is 18.3 Å². The van der Waals surface area contributed by atoms with Gasteiger partial charge in [0.05, 0.1) is 16.9 Å². The van der Waals surface area contributed by atoms with E-state index in [0.717, 1.165) is 73.3 Å². The predicted octanol–water partition coefficient (Wildman–Crippen LogP) is 12.3. The normalized spacial score (nSPS) is 17.1. The second kappa shape index (κ2) is 14.2. The summed E-state index contributed by atoms with van der Waals surface area (Å²) in [5.74, 6) is -0.774. The highest BCUT2D eigenvalue weighted by Crippen LogP contribution is 2.57. The van der Waals surface area contributed by atoms with E-state index in [2.05, 4.69) is 77.6 Å². The number of anilines is 2. The van der Waals surface area contributed by atoms with Gasteiger partial charge in [0.25, 0.3) is 0 Å². The van der Waals surface area contributed by atoms with Crippen molar-refractivity contribution in [2.24, 2.45) is 8.73 Å². The zero-order valence-corrected chi connectivity index (χ0v) is 32.3. The number of nitrogens with zero attached hydrogens (tertiary/aromatic N) is 6. The zero-order valence-electron chi connectivity index (χ0n) is 29.8. The average molecular weight is 769 g/mol. The first-order valence-corrected chi connectivity index (χ1v) is 20.8. The number of carboxylic acids is 1. The van der Waals surface area contributed by atoms with Crippen molar-refractivity contribution in [1.29, 1.82) is 5.26 Å². The van der Waals surface area contributed by atoms with E-state index in [1.54, 1.807) is 17.4 Å². The van der Waals surface area contributed by atoms with Gasteiger partial charge in [0.1, 0.15) is 34.1 Å². The molecule has 9 rings (SSSR count). The maximum absolute atomic E-state index is 11.5. The van der Waals surface area contributed by atoms with Gasteiger partial charge in [0.2, 0.25) is 0 Å². The Morgan fingerprint density at radius 2 is 1.76 bits per heavy atom. The summed E-state index contributed by atoms with van der Waals surface area (Å²) in [6, 6.07) is 24.0. The van der Waals surface area contributed by atoms with Crippen LogP contribution in [0.2, 0.25) is 0 Å². The van der Waals surface area contributed by atoms with Crippen LogP contribution in [0.15, 0.2) is 79.6 Å². The largest absolute Gasteiger partial charge is 0.477 e. The van der Waals surface area contributed by atoms with Crippen LogP contribution in [0.3, 0.4) is 0 Å². The van der Waals surface area contributed by atoms with Crippen molar-refractivity contribution in [3.05, 3.63) is 87.8 Å². The van der Waals surface area contributed by atoms with E-state index in [1.807, 2.05) is 12.1 Å². The molecule has 1 fully saturated rings. The second-order valence-corrected chi connectivity index (χ2v) is 16.9. The number of thiophene rings is 2. The van der Waals surface area contributed by atoms with Gasteiger partial charge in [-0.2, -0.15) is 14.0 Å². The molecule has 54 heavy (non-hydrogen) atoms. The van der Waals surface area contributed by atoms with Crippen molar-refractivity contribution in [2.75, 3.05) is 4.90 Å². The first kappa shape index (κ1) is 34.5. The summed E-state index contributed by atoms with van der Waals surface area (Å²) in [5, 5.41) is 27.8. The molecule has 3 aliphatic rings. The summed E-state index contributed by atoms with van der Waals surface area (Å²) < 4.78 is 15.3. The number of carboxylic acid groups (broad SMARTS) is 1. The third-order valence-corrected chi connectivity index (χ3v) is 13.8. The highest BCUT2D eigenvalue weighted by Gasteiger charge is 2.42. The number of fused-ring (bicyclic) bond motifs is 5. The highest BCUT2D eigenvalue weighted by molar-refractivity contribution is 7.58. The standard InChI is InChI=1S/C42H36N6O3S3/c1-3-4-5-6-8-25-21-34(53-41(25)33-18-16-28(52-33)19-26(22-43)42(49)50)36-38-37(44-51-45-38)35(39-40(36)47-54-46-39)24-13-17-32-30(20-24)29-9-7-10-31(29)48(32)27-14-11-23(2)12-15-27/h11-21,29,31H,3-10H2,1-2H3,(H,49,50)/b26-19+. The van der Waals surface area contributed by atoms with Crippen LogP contribution in [0.5, 0.6) is 0 Å². The first-order chi connectivity index (χ1) is 26.4. The molecule has 0 saturated heterocycles. The summed E-state index contributed by atoms with van der Waals surface area (Å²) in [4.78, 5) is 17.9. The van der Waals surface area contributed by atoms with Gasteiger partial charge in [-0.3, -0.25) is 0 Å². The molecule has 3 aromatic carbocycles. The average Bonchev–Trinajstić information content (AvgIpc) is 4.03. The molecule has 1 aliphatic carbocycles. The van der Waals surface area contributed by atoms with E-state index in [-0.39, 0.29) is 5.57 Å². The van der Waals surface area contributed by atoms with Crippen LogP contribution in [-0.4, -0.2) is 27.4 Å². The molecule has 6 aromatic rings. The van der Waals surface area contributed by atoms with Gasteiger partial charge in [0, 0.05) is 48.4 Å². The lowest BCUT2D eigenvalue weighted by Crippen LogP contribution is -2.26. The van der Waals surface area contributed by atoms with E-state index < -0.39 is 5.97 Å². The van der Waals surface area contributed by atoms with Crippen LogP contribution in [0.4, 0.5) is 22.7 Å². The van der Waals surface area contributed by atoms with Gasteiger partial charge in [0.15, 0.2) is 0 Å². The first-order valence-electron chi connectivity index (χ1n) is 18.4. The zero-order chi connectivity index (χ0) is 36.9. The quantitative estimate of drug-likeness (QED) is 0.0788. The summed E-state index contributed by atoms with van der Waals surface area (Å²) >= 11 is 4.35. The number of aliphatic carboxylic acids is 1. The minimum atomic E-state index is -1.23. The molecule has 5 heterocycles. The van der Waals surface area contributed by atoms with Crippen molar-refractivity contribution in [3.8, 4) is 37.4 Å². The van der Waals surface area contributed by atoms with E-state index in [1.165, 1.54) is 82.5 Å². The van der Waals surface area contributed by atoms with Crippen molar-refractivity contribution in [2.45, 2.75) is 77.2 Å². The maximum atomic E-state index is 11.5. The molecular formula is C42H36N6O3S3. The Balaban J connectivity index is 1.15. The van der Waals surface area contributed by atoms with Gasteiger partial charge in [-0.15, -0.1) is 22.7 Å². The molecule has 0 amide bonds. The van der Waals surface area contributed by atoms with Crippen LogP contribution in [-0.2, 0) is 22.6 Å². The Kier molecular flexibility index (Phi) is 9.09. The summed E-state index contributed by atoms with van der Waals surface area (Å²) in [6.45, 7) is 4.34. The molecule has 9 nitrogen and oxygen atoms in total. The molecule has 1 saturated carbocycles. The van der Waals surface area contributed by atoms with E-state index in [9.17, 15) is 15.2 Å². The van der Waals surface area contributed by atoms with Gasteiger partial charge in [-0.05, 0) is 108 Å². The van der Waals surface area contributed by atoms with Crippen LogP contribution < -0.4 is 4.90 Å². The number of aromatic nitrogens is 2. The van der Waals surface area contributed by atoms with Crippen molar-refractivity contribution in [1.82, 2.24) is 10.3 Å². The summed E-state index contributed by atoms with van der Waals surface area (Å²) in [5.41, 5.74) is 11.8. The van der Waals surface area contributed by atoms with Gasteiger partial charge in [-0.25, -0.2) is 9.42 Å². The third-order valence-electron chi connectivity index (χ3n) is 10.9. The number of nitriles is 1. The maximum Gasteiger partial charge on any atom is 0.346 e. The van der Waals surface area contributed by atoms with Crippen molar-refractivity contribution >= 4 is 79.9 Å². The molecule has 2 aliphatic heterocycles. The molecule has 0 radical (unpaired) electrons. The minimum Gasteiger partial charge on any atom is -0.477 e. The summed E-state index contributed by atoms with van der Waals surface area (Å²) in [7, 11) is 0. The van der Waals surface area contributed by atoms with Crippen molar-refractivity contribution in [3.63, 3.8) is 0 Å². The smallest absolute Gasteiger partial charge is 0.346 e. The molecule has 1 N–H and O–H groups in total. The van der Waals surface area contributed by atoms with Gasteiger partial charge >= 0.3 is 5.97 Å². The summed E-state index contributed by atoms with van der Waals surface area (Å²) in [6.07, 6.45) is 10.4. The Morgan fingerprint density at radius 1 is 0.963 bits per heavy atom. The van der Waals surface area contributed by atoms with E-state index >= 15 is 0 Å². The van der Waals surface area contributed by atoms with Gasteiger partial charge < -0.3 is 10.0 Å². The Bertz CT molecular complexity index is 2600. The SMILES string of the molecule is CCCCCCc1cc(-c2c3c(c(-c4ccc5c(c4)C4CCCC4N5c4ccc(C)cc4)c4nonc24)N=S=N3)sc1-c1ccc(/C=C(\C#N)C(=O)O)s1. The van der Waals surface area contributed by atoms with E-state index in [0.29, 0.717) is 23.0 Å². The number of hydrogen-bond donors (Lipinski definition) is 1. The van der Waals surface area contributed by atoms with Crippen LogP contribution in [0.25, 0.3) is 48.4 Å². The molecule has 12 heteroatoms. The fraction of sp³-hybridized carbons (Fsp3) is 0.286. The molecule has 2 atom stereocenters.